The van der Waals surface area contributed by atoms with E-state index < -0.39 is 11.6 Å². The summed E-state index contributed by atoms with van der Waals surface area (Å²) in [6.45, 7) is 2.38. The number of nitrogens with zero attached hydrogens (tertiary/aromatic N) is 1. The highest BCUT2D eigenvalue weighted by atomic mass is 127. The highest BCUT2D eigenvalue weighted by molar-refractivity contribution is 14.0. The maximum atomic E-state index is 14.0. The first-order valence-corrected chi connectivity index (χ1v) is 7.58. The van der Waals surface area contributed by atoms with Crippen molar-refractivity contribution in [2.24, 2.45) is 10.7 Å². The van der Waals surface area contributed by atoms with Crippen LogP contribution in [-0.2, 0) is 5.41 Å². The van der Waals surface area contributed by atoms with Crippen LogP contribution in [0.2, 0.25) is 0 Å². The number of aryl methyl sites for hydroxylation is 1. The van der Waals surface area contributed by atoms with Crippen molar-refractivity contribution in [2.75, 3.05) is 11.9 Å². The Labute approximate surface area is 157 Å². The number of halogens is 3. The lowest BCUT2D eigenvalue weighted by molar-refractivity contribution is 0.549. The van der Waals surface area contributed by atoms with Crippen LogP contribution in [0.1, 0.15) is 24.0 Å². The lowest BCUT2D eigenvalue weighted by Crippen LogP contribution is -2.25. The van der Waals surface area contributed by atoms with Crippen LogP contribution < -0.4 is 11.1 Å². The summed E-state index contributed by atoms with van der Waals surface area (Å²) in [4.78, 5) is 4.35. The van der Waals surface area contributed by atoms with Crippen molar-refractivity contribution in [2.45, 2.75) is 25.2 Å². The third kappa shape index (κ3) is 4.23. The quantitative estimate of drug-likeness (QED) is 0.420. The summed E-state index contributed by atoms with van der Waals surface area (Å²) >= 11 is 0. The van der Waals surface area contributed by atoms with Gasteiger partial charge in [0.1, 0.15) is 11.6 Å². The van der Waals surface area contributed by atoms with E-state index in [1.807, 2.05) is 31.2 Å². The van der Waals surface area contributed by atoms with Gasteiger partial charge in [-0.15, -0.1) is 24.0 Å². The number of aliphatic imine (C=N–C) groups is 1. The van der Waals surface area contributed by atoms with E-state index in [9.17, 15) is 8.78 Å². The van der Waals surface area contributed by atoms with Gasteiger partial charge in [0.2, 0.25) is 0 Å². The van der Waals surface area contributed by atoms with Crippen LogP contribution in [-0.4, -0.2) is 12.5 Å². The van der Waals surface area contributed by atoms with E-state index in [0.717, 1.165) is 30.2 Å². The molecule has 0 unspecified atom stereocenters. The number of nitrogens with one attached hydrogen (secondary N) is 1. The van der Waals surface area contributed by atoms with Gasteiger partial charge in [-0.25, -0.2) is 8.78 Å². The Bertz CT molecular complexity index is 758. The number of anilines is 1. The second-order valence-corrected chi connectivity index (χ2v) is 6.10. The fourth-order valence-electron chi connectivity index (χ4n) is 2.73. The monoisotopic (exact) mass is 443 g/mol. The predicted octanol–water partition coefficient (Wildman–Crippen LogP) is 4.35. The highest BCUT2D eigenvalue weighted by Crippen LogP contribution is 2.49. The minimum absolute atomic E-state index is 0. The lowest BCUT2D eigenvalue weighted by Gasteiger charge is -2.15. The van der Waals surface area contributed by atoms with Crippen LogP contribution in [0, 0.1) is 18.6 Å². The molecule has 3 N–H and O–H groups in total. The van der Waals surface area contributed by atoms with Gasteiger partial charge >= 0.3 is 0 Å². The van der Waals surface area contributed by atoms with E-state index in [0.29, 0.717) is 18.1 Å². The predicted molar refractivity (Wildman–Crippen MR) is 104 cm³/mol. The smallest absolute Gasteiger partial charge is 0.193 e. The van der Waals surface area contributed by atoms with E-state index >= 15 is 0 Å². The van der Waals surface area contributed by atoms with Gasteiger partial charge in [-0.1, -0.05) is 18.2 Å². The zero-order chi connectivity index (χ0) is 16.4. The number of benzene rings is 2. The topological polar surface area (TPSA) is 50.4 Å². The Morgan fingerprint density at radius 1 is 1.21 bits per heavy atom. The standard InChI is InChI=1S/C18H19F2N3.HI/c1-12-3-2-4-14(9-12)23-17(21)22-11-18(7-8-18)15-6-5-13(19)10-16(15)20;/h2-6,9-10H,7-8,11H2,1H3,(H3,21,22,23);1H. The molecule has 1 fully saturated rings. The average molecular weight is 443 g/mol. The molecule has 1 aliphatic carbocycles. The first kappa shape index (κ1) is 18.6. The van der Waals surface area contributed by atoms with Crippen molar-refractivity contribution < 1.29 is 8.78 Å². The maximum Gasteiger partial charge on any atom is 0.193 e. The molecule has 3 rings (SSSR count). The number of guanidine groups is 1. The van der Waals surface area contributed by atoms with Gasteiger partial charge in [0.15, 0.2) is 5.96 Å². The molecule has 0 aliphatic heterocycles. The van der Waals surface area contributed by atoms with Gasteiger partial charge in [0.25, 0.3) is 0 Å². The van der Waals surface area contributed by atoms with E-state index in [-0.39, 0.29) is 29.4 Å². The molecule has 24 heavy (non-hydrogen) atoms. The molecule has 0 spiro atoms. The highest BCUT2D eigenvalue weighted by Gasteiger charge is 2.46. The van der Waals surface area contributed by atoms with E-state index in [2.05, 4.69) is 10.3 Å². The van der Waals surface area contributed by atoms with Gasteiger partial charge < -0.3 is 11.1 Å². The van der Waals surface area contributed by atoms with Crippen LogP contribution >= 0.6 is 24.0 Å². The first-order valence-electron chi connectivity index (χ1n) is 7.58. The van der Waals surface area contributed by atoms with Crippen molar-refractivity contribution in [1.82, 2.24) is 0 Å². The van der Waals surface area contributed by atoms with Crippen molar-refractivity contribution in [3.63, 3.8) is 0 Å². The number of hydrogen-bond donors (Lipinski definition) is 2. The summed E-state index contributed by atoms with van der Waals surface area (Å²) in [6, 6.07) is 11.5. The van der Waals surface area contributed by atoms with Crippen molar-refractivity contribution >= 4 is 35.6 Å². The fraction of sp³-hybridized carbons (Fsp3) is 0.278. The Morgan fingerprint density at radius 3 is 2.58 bits per heavy atom. The second kappa shape index (κ2) is 7.46. The average Bonchev–Trinajstić information content (AvgIpc) is 3.26. The molecule has 3 nitrogen and oxygen atoms in total. The normalized spacial score (nSPS) is 15.5. The molecular formula is C18H20F2IN3. The maximum absolute atomic E-state index is 14.0. The molecule has 1 saturated carbocycles. The lowest BCUT2D eigenvalue weighted by atomic mass is 9.95. The number of rotatable bonds is 4. The minimum Gasteiger partial charge on any atom is -0.370 e. The molecule has 2 aromatic carbocycles. The van der Waals surface area contributed by atoms with Gasteiger partial charge in [-0.05, 0) is 49.1 Å². The third-order valence-corrected chi connectivity index (χ3v) is 4.20. The molecule has 0 bridgehead atoms. The van der Waals surface area contributed by atoms with Crippen molar-refractivity contribution in [3.8, 4) is 0 Å². The van der Waals surface area contributed by atoms with E-state index in [1.165, 1.54) is 12.1 Å². The van der Waals surface area contributed by atoms with E-state index in [1.54, 1.807) is 0 Å². The van der Waals surface area contributed by atoms with Crippen LogP contribution in [0.25, 0.3) is 0 Å². The summed E-state index contributed by atoms with van der Waals surface area (Å²) in [6.07, 6.45) is 1.66. The molecule has 0 heterocycles. The van der Waals surface area contributed by atoms with Crippen LogP contribution in [0.3, 0.4) is 0 Å². The third-order valence-electron chi connectivity index (χ3n) is 4.20. The fourth-order valence-corrected chi connectivity index (χ4v) is 2.73. The van der Waals surface area contributed by atoms with E-state index in [4.69, 9.17) is 5.73 Å². The largest absolute Gasteiger partial charge is 0.370 e. The molecular weight excluding hydrogens is 423 g/mol. The molecule has 0 aromatic heterocycles. The molecule has 0 atom stereocenters. The van der Waals surface area contributed by atoms with Gasteiger partial charge in [0.05, 0.1) is 6.54 Å². The van der Waals surface area contributed by atoms with Crippen molar-refractivity contribution in [3.05, 3.63) is 65.2 Å². The zero-order valence-corrected chi connectivity index (χ0v) is 15.7. The van der Waals surface area contributed by atoms with Gasteiger partial charge in [-0.2, -0.15) is 0 Å². The van der Waals surface area contributed by atoms with Crippen molar-refractivity contribution in [1.29, 1.82) is 0 Å². The summed E-state index contributed by atoms with van der Waals surface area (Å²) in [5.41, 5.74) is 8.07. The number of nitrogens with two attached hydrogens (primary N) is 1. The zero-order valence-electron chi connectivity index (χ0n) is 13.4. The summed E-state index contributed by atoms with van der Waals surface area (Å²) in [5, 5.41) is 3.03. The first-order chi connectivity index (χ1) is 11.0. The van der Waals surface area contributed by atoms with Crippen LogP contribution in [0.15, 0.2) is 47.5 Å². The number of hydrogen-bond acceptors (Lipinski definition) is 1. The SMILES string of the molecule is Cc1cccc(NC(N)=NCC2(c3ccc(F)cc3F)CC2)c1.I. The summed E-state index contributed by atoms with van der Waals surface area (Å²) in [7, 11) is 0. The van der Waals surface area contributed by atoms with Gasteiger partial charge in [-0.3, -0.25) is 4.99 Å². The Kier molecular flexibility index (Phi) is 5.79. The Morgan fingerprint density at radius 2 is 1.96 bits per heavy atom. The Hall–Kier alpha value is -1.70. The van der Waals surface area contributed by atoms with Crippen LogP contribution in [0.4, 0.5) is 14.5 Å². The summed E-state index contributed by atoms with van der Waals surface area (Å²) < 4.78 is 27.0. The molecule has 0 amide bonds. The molecule has 6 heteroatoms. The molecule has 2 aromatic rings. The molecule has 0 radical (unpaired) electrons. The van der Waals surface area contributed by atoms with Crippen LogP contribution in [0.5, 0.6) is 0 Å². The van der Waals surface area contributed by atoms with Gasteiger partial charge in [0, 0.05) is 17.2 Å². The summed E-state index contributed by atoms with van der Waals surface area (Å²) in [5.74, 6) is -0.779. The second-order valence-electron chi connectivity index (χ2n) is 6.10. The molecule has 128 valence electrons. The Balaban J connectivity index is 0.00000208. The molecule has 0 saturated heterocycles. The minimum atomic E-state index is -0.564. The molecule has 1 aliphatic rings.